The standard InChI is InChI=1S/C12H14N2O5/c1-19-11-3-2-8(6-10(11)14(17)18)12(16)13-5-4-9(15)7-13/h2-3,6,9,15H,4-5,7H2,1H3. The fourth-order valence-electron chi connectivity index (χ4n) is 2.07. The molecule has 1 atom stereocenters. The van der Waals surface area contributed by atoms with E-state index in [9.17, 15) is 20.0 Å². The van der Waals surface area contributed by atoms with Crippen molar-refractivity contribution in [3.63, 3.8) is 0 Å². The third-order valence-corrected chi connectivity index (χ3v) is 3.07. The number of hydrogen-bond donors (Lipinski definition) is 1. The largest absolute Gasteiger partial charge is 0.490 e. The number of likely N-dealkylation sites (tertiary alicyclic amines) is 1. The highest BCUT2D eigenvalue weighted by molar-refractivity contribution is 5.95. The van der Waals surface area contributed by atoms with Crippen LogP contribution in [0.25, 0.3) is 0 Å². The molecule has 1 aliphatic rings. The van der Waals surface area contributed by atoms with Gasteiger partial charge < -0.3 is 14.7 Å². The van der Waals surface area contributed by atoms with E-state index in [1.54, 1.807) is 0 Å². The number of nitrogens with zero attached hydrogens (tertiary/aromatic N) is 2. The maximum Gasteiger partial charge on any atom is 0.311 e. The number of rotatable bonds is 3. The van der Waals surface area contributed by atoms with Gasteiger partial charge in [-0.2, -0.15) is 0 Å². The van der Waals surface area contributed by atoms with Crippen molar-refractivity contribution < 1.29 is 19.6 Å². The average Bonchev–Trinajstić information content (AvgIpc) is 2.83. The number of ether oxygens (including phenoxy) is 1. The Bertz CT molecular complexity index is 517. The van der Waals surface area contributed by atoms with Crippen molar-refractivity contribution in [2.24, 2.45) is 0 Å². The molecule has 1 heterocycles. The minimum absolute atomic E-state index is 0.114. The van der Waals surface area contributed by atoms with Crippen LogP contribution in [0.4, 0.5) is 5.69 Å². The summed E-state index contributed by atoms with van der Waals surface area (Å²) in [6, 6.07) is 4.09. The molecule has 0 radical (unpaired) electrons. The Morgan fingerprint density at radius 1 is 1.58 bits per heavy atom. The maximum absolute atomic E-state index is 12.1. The van der Waals surface area contributed by atoms with E-state index in [2.05, 4.69) is 0 Å². The second-order valence-corrected chi connectivity index (χ2v) is 4.34. The molecule has 1 amide bonds. The first-order valence-corrected chi connectivity index (χ1v) is 5.82. The summed E-state index contributed by atoms with van der Waals surface area (Å²) in [6.45, 7) is 0.721. The number of amides is 1. The molecule has 7 heteroatoms. The van der Waals surface area contributed by atoms with Crippen LogP contribution in [0.3, 0.4) is 0 Å². The zero-order valence-corrected chi connectivity index (χ0v) is 10.4. The lowest BCUT2D eigenvalue weighted by Gasteiger charge is -2.15. The van der Waals surface area contributed by atoms with Crippen LogP contribution in [0.1, 0.15) is 16.8 Å². The lowest BCUT2D eigenvalue weighted by atomic mass is 10.1. The number of methoxy groups -OCH3 is 1. The Morgan fingerprint density at radius 2 is 2.32 bits per heavy atom. The van der Waals surface area contributed by atoms with Crippen molar-refractivity contribution in [1.29, 1.82) is 0 Å². The number of β-amino-alcohol motifs (C(OH)–C–C–N with tert-alkyl or cyclic N) is 1. The van der Waals surface area contributed by atoms with Crippen molar-refractivity contribution >= 4 is 11.6 Å². The maximum atomic E-state index is 12.1. The van der Waals surface area contributed by atoms with Gasteiger partial charge in [-0.1, -0.05) is 0 Å². The van der Waals surface area contributed by atoms with Gasteiger partial charge in [-0.3, -0.25) is 14.9 Å². The summed E-state index contributed by atoms with van der Waals surface area (Å²) in [5.74, 6) is -0.203. The van der Waals surface area contributed by atoms with Crippen LogP contribution in [0.2, 0.25) is 0 Å². The van der Waals surface area contributed by atoms with Crippen molar-refractivity contribution in [1.82, 2.24) is 4.90 Å². The Hall–Kier alpha value is -2.15. The number of benzene rings is 1. The zero-order valence-electron chi connectivity index (χ0n) is 10.4. The molecule has 1 aromatic carbocycles. The molecule has 102 valence electrons. The molecule has 0 spiro atoms. The Balaban J connectivity index is 2.28. The predicted molar refractivity (Wildman–Crippen MR) is 66.2 cm³/mol. The van der Waals surface area contributed by atoms with Crippen LogP contribution >= 0.6 is 0 Å². The first-order chi connectivity index (χ1) is 9.02. The minimum Gasteiger partial charge on any atom is -0.490 e. The topological polar surface area (TPSA) is 92.9 Å². The predicted octanol–water partition coefficient (Wildman–Crippen LogP) is 0.810. The second-order valence-electron chi connectivity index (χ2n) is 4.34. The molecule has 1 aliphatic heterocycles. The third-order valence-electron chi connectivity index (χ3n) is 3.07. The number of hydrogen-bond acceptors (Lipinski definition) is 5. The highest BCUT2D eigenvalue weighted by atomic mass is 16.6. The fraction of sp³-hybridized carbons (Fsp3) is 0.417. The summed E-state index contributed by atoms with van der Waals surface area (Å²) in [5, 5.41) is 20.3. The second kappa shape index (κ2) is 5.23. The molecule has 2 rings (SSSR count). The number of carbonyl (C=O) groups is 1. The Labute approximate surface area is 109 Å². The van der Waals surface area contributed by atoms with E-state index in [0.29, 0.717) is 13.0 Å². The fourth-order valence-corrected chi connectivity index (χ4v) is 2.07. The van der Waals surface area contributed by atoms with Gasteiger partial charge in [0.1, 0.15) is 0 Å². The Morgan fingerprint density at radius 3 is 2.84 bits per heavy atom. The normalized spacial score (nSPS) is 18.4. The lowest BCUT2D eigenvalue weighted by Crippen LogP contribution is -2.29. The molecule has 1 saturated heterocycles. The van der Waals surface area contributed by atoms with Crippen LogP contribution in [-0.4, -0.2) is 47.1 Å². The molecule has 1 fully saturated rings. The first-order valence-electron chi connectivity index (χ1n) is 5.82. The van der Waals surface area contributed by atoms with Crippen molar-refractivity contribution in [3.8, 4) is 5.75 Å². The van der Waals surface area contributed by atoms with Gasteiger partial charge >= 0.3 is 5.69 Å². The van der Waals surface area contributed by atoms with E-state index >= 15 is 0 Å². The number of nitro benzene ring substituents is 1. The lowest BCUT2D eigenvalue weighted by molar-refractivity contribution is -0.385. The molecule has 0 saturated carbocycles. The van der Waals surface area contributed by atoms with Gasteiger partial charge in [0.25, 0.3) is 5.91 Å². The van der Waals surface area contributed by atoms with Crippen LogP contribution < -0.4 is 4.74 Å². The van der Waals surface area contributed by atoms with Crippen LogP contribution in [0.15, 0.2) is 18.2 Å². The van der Waals surface area contributed by atoms with E-state index in [1.807, 2.05) is 0 Å². The molecular formula is C12H14N2O5. The van der Waals surface area contributed by atoms with E-state index in [-0.39, 0.29) is 29.5 Å². The van der Waals surface area contributed by atoms with Crippen LogP contribution in [0.5, 0.6) is 5.75 Å². The van der Waals surface area contributed by atoms with Gasteiger partial charge in [-0.05, 0) is 18.6 Å². The van der Waals surface area contributed by atoms with Gasteiger partial charge in [-0.25, -0.2) is 0 Å². The summed E-state index contributed by atoms with van der Waals surface area (Å²) in [5.41, 5.74) is -0.0188. The van der Waals surface area contributed by atoms with E-state index < -0.39 is 11.0 Å². The van der Waals surface area contributed by atoms with Gasteiger partial charge in [0.15, 0.2) is 5.75 Å². The third kappa shape index (κ3) is 2.65. The van der Waals surface area contributed by atoms with E-state index in [1.165, 1.54) is 30.2 Å². The molecule has 7 nitrogen and oxygen atoms in total. The number of aliphatic hydroxyl groups is 1. The van der Waals surface area contributed by atoms with Gasteiger partial charge in [-0.15, -0.1) is 0 Å². The summed E-state index contributed by atoms with van der Waals surface area (Å²) < 4.78 is 4.88. The highest BCUT2D eigenvalue weighted by Gasteiger charge is 2.27. The van der Waals surface area contributed by atoms with Gasteiger partial charge in [0.05, 0.1) is 18.1 Å². The van der Waals surface area contributed by atoms with Crippen LogP contribution in [-0.2, 0) is 0 Å². The highest BCUT2D eigenvalue weighted by Crippen LogP contribution is 2.28. The average molecular weight is 266 g/mol. The molecular weight excluding hydrogens is 252 g/mol. The number of nitro groups is 1. The first kappa shape index (κ1) is 13.3. The SMILES string of the molecule is COc1ccc(C(=O)N2CCC(O)C2)cc1[N+](=O)[O-]. The molecule has 0 aromatic heterocycles. The molecule has 1 aromatic rings. The number of carbonyl (C=O) groups excluding carboxylic acids is 1. The van der Waals surface area contributed by atoms with E-state index in [0.717, 1.165) is 0 Å². The quantitative estimate of drug-likeness (QED) is 0.645. The van der Waals surface area contributed by atoms with Crippen molar-refractivity contribution in [2.45, 2.75) is 12.5 Å². The minimum atomic E-state index is -0.589. The molecule has 0 bridgehead atoms. The number of aliphatic hydroxyl groups excluding tert-OH is 1. The Kier molecular flexibility index (Phi) is 3.66. The molecule has 19 heavy (non-hydrogen) atoms. The van der Waals surface area contributed by atoms with Gasteiger partial charge in [0, 0.05) is 24.7 Å². The van der Waals surface area contributed by atoms with Crippen molar-refractivity contribution in [3.05, 3.63) is 33.9 Å². The monoisotopic (exact) mass is 266 g/mol. The summed E-state index contributed by atoms with van der Waals surface area (Å²) in [7, 11) is 1.33. The molecule has 1 N–H and O–H groups in total. The molecule has 0 aliphatic carbocycles. The zero-order chi connectivity index (χ0) is 14.0. The van der Waals surface area contributed by atoms with Gasteiger partial charge in [0.2, 0.25) is 0 Å². The van der Waals surface area contributed by atoms with Crippen LogP contribution in [0, 0.1) is 10.1 Å². The summed E-state index contributed by atoms with van der Waals surface area (Å²) in [4.78, 5) is 23.9. The van der Waals surface area contributed by atoms with Crippen molar-refractivity contribution in [2.75, 3.05) is 20.2 Å². The smallest absolute Gasteiger partial charge is 0.311 e. The molecule has 1 unspecified atom stereocenters. The van der Waals surface area contributed by atoms with E-state index in [4.69, 9.17) is 4.74 Å². The summed E-state index contributed by atoms with van der Waals surface area (Å²) >= 11 is 0. The summed E-state index contributed by atoms with van der Waals surface area (Å²) in [6.07, 6.45) is 0.0152.